The molecule has 1 saturated heterocycles. The van der Waals surface area contributed by atoms with E-state index >= 15 is 0 Å². The van der Waals surface area contributed by atoms with Crippen molar-refractivity contribution in [2.24, 2.45) is 0 Å². The Kier molecular flexibility index (Phi) is 5.67. The van der Waals surface area contributed by atoms with Gasteiger partial charge >= 0.3 is 5.63 Å². The number of carbonyl (C=O) groups is 1. The van der Waals surface area contributed by atoms with Crippen molar-refractivity contribution in [1.82, 2.24) is 9.80 Å². The van der Waals surface area contributed by atoms with Gasteiger partial charge in [0.1, 0.15) is 17.1 Å². The van der Waals surface area contributed by atoms with Gasteiger partial charge in [-0.3, -0.25) is 9.69 Å². The zero-order valence-corrected chi connectivity index (χ0v) is 16.4. The summed E-state index contributed by atoms with van der Waals surface area (Å²) in [5, 5.41) is 0.887. The molecule has 1 amide bonds. The van der Waals surface area contributed by atoms with Crippen molar-refractivity contribution in [2.75, 3.05) is 32.8 Å². The van der Waals surface area contributed by atoms with E-state index in [0.717, 1.165) is 42.8 Å². The van der Waals surface area contributed by atoms with E-state index in [2.05, 4.69) is 4.90 Å². The summed E-state index contributed by atoms with van der Waals surface area (Å²) >= 11 is 0. The van der Waals surface area contributed by atoms with Crippen molar-refractivity contribution in [3.8, 4) is 5.75 Å². The molecule has 3 heterocycles. The van der Waals surface area contributed by atoms with Gasteiger partial charge in [0, 0.05) is 43.7 Å². The van der Waals surface area contributed by atoms with E-state index in [1.807, 2.05) is 30.0 Å². The third-order valence-electron chi connectivity index (χ3n) is 5.23. The molecule has 0 N–H and O–H groups in total. The van der Waals surface area contributed by atoms with Crippen LogP contribution >= 0.6 is 0 Å². The second-order valence-corrected chi connectivity index (χ2v) is 7.13. The highest BCUT2D eigenvalue weighted by atomic mass is 16.5. The molecule has 7 nitrogen and oxygen atoms in total. The summed E-state index contributed by atoms with van der Waals surface area (Å²) in [4.78, 5) is 28.3. The molecule has 0 aliphatic carbocycles. The van der Waals surface area contributed by atoms with Crippen LogP contribution in [0.25, 0.3) is 11.0 Å². The molecule has 0 unspecified atom stereocenters. The molecule has 7 heteroatoms. The standard InChI is InChI=1S/C22H24N2O5/c1-2-16-12-22(26)29-20-13-17(5-6-19(16)20)28-15-21(25)24-9-7-23(8-10-24)14-18-4-3-11-27-18/h3-6,11-13H,2,7-10,14-15H2,1H3. The lowest BCUT2D eigenvalue weighted by Gasteiger charge is -2.34. The Morgan fingerprint density at radius 2 is 1.97 bits per heavy atom. The van der Waals surface area contributed by atoms with E-state index in [4.69, 9.17) is 13.6 Å². The normalized spacial score (nSPS) is 15.0. The van der Waals surface area contributed by atoms with Crippen LogP contribution in [0.1, 0.15) is 18.2 Å². The number of hydrogen-bond donors (Lipinski definition) is 0. The Morgan fingerprint density at radius 3 is 2.69 bits per heavy atom. The number of fused-ring (bicyclic) bond motifs is 1. The van der Waals surface area contributed by atoms with Crippen molar-refractivity contribution in [2.45, 2.75) is 19.9 Å². The van der Waals surface area contributed by atoms with Crippen LogP contribution in [0, 0.1) is 0 Å². The van der Waals surface area contributed by atoms with E-state index in [-0.39, 0.29) is 18.1 Å². The van der Waals surface area contributed by atoms with E-state index in [0.29, 0.717) is 24.4 Å². The predicted molar refractivity (Wildman–Crippen MR) is 108 cm³/mol. The average Bonchev–Trinajstić information content (AvgIpc) is 3.24. The highest BCUT2D eigenvalue weighted by molar-refractivity contribution is 5.82. The molecule has 0 spiro atoms. The first-order valence-electron chi connectivity index (χ1n) is 9.84. The van der Waals surface area contributed by atoms with Crippen LogP contribution < -0.4 is 10.4 Å². The van der Waals surface area contributed by atoms with Crippen LogP contribution in [0.3, 0.4) is 0 Å². The second kappa shape index (κ2) is 8.53. The summed E-state index contributed by atoms with van der Waals surface area (Å²) in [6, 6.07) is 10.7. The average molecular weight is 396 g/mol. The number of carbonyl (C=O) groups excluding carboxylic acids is 1. The molecule has 0 atom stereocenters. The van der Waals surface area contributed by atoms with Gasteiger partial charge in [-0.15, -0.1) is 0 Å². The Hall–Kier alpha value is -3.06. The third-order valence-corrected chi connectivity index (χ3v) is 5.23. The Labute approximate surface area is 168 Å². The van der Waals surface area contributed by atoms with Gasteiger partial charge in [0.05, 0.1) is 12.8 Å². The first-order valence-corrected chi connectivity index (χ1v) is 9.84. The molecular weight excluding hydrogens is 372 g/mol. The first kappa shape index (κ1) is 19.3. The zero-order chi connectivity index (χ0) is 20.2. The van der Waals surface area contributed by atoms with E-state index in [9.17, 15) is 9.59 Å². The number of ether oxygens (including phenoxy) is 1. The lowest BCUT2D eigenvalue weighted by molar-refractivity contribution is -0.135. The smallest absolute Gasteiger partial charge is 0.336 e. The van der Waals surface area contributed by atoms with Crippen LogP contribution in [0.15, 0.2) is 56.3 Å². The summed E-state index contributed by atoms with van der Waals surface area (Å²) < 4.78 is 16.3. The Morgan fingerprint density at radius 1 is 1.14 bits per heavy atom. The van der Waals surface area contributed by atoms with Gasteiger partial charge in [0.25, 0.3) is 5.91 Å². The monoisotopic (exact) mass is 396 g/mol. The number of benzene rings is 1. The van der Waals surface area contributed by atoms with Crippen LogP contribution in [-0.4, -0.2) is 48.5 Å². The quantitative estimate of drug-likeness (QED) is 0.597. The van der Waals surface area contributed by atoms with Gasteiger partial charge in [-0.05, 0) is 36.2 Å². The first-order chi connectivity index (χ1) is 14.1. The highest BCUT2D eigenvalue weighted by Gasteiger charge is 2.22. The minimum absolute atomic E-state index is 0.0403. The minimum atomic E-state index is -0.380. The lowest BCUT2D eigenvalue weighted by atomic mass is 10.1. The molecule has 152 valence electrons. The Balaban J connectivity index is 1.32. The van der Waals surface area contributed by atoms with Crippen molar-refractivity contribution in [3.63, 3.8) is 0 Å². The van der Waals surface area contributed by atoms with Crippen molar-refractivity contribution in [1.29, 1.82) is 0 Å². The molecule has 0 bridgehead atoms. The van der Waals surface area contributed by atoms with Gasteiger partial charge in [-0.2, -0.15) is 0 Å². The van der Waals surface area contributed by atoms with Gasteiger partial charge in [-0.1, -0.05) is 6.92 Å². The maximum absolute atomic E-state index is 12.5. The van der Waals surface area contributed by atoms with Crippen molar-refractivity contribution >= 4 is 16.9 Å². The molecule has 2 aromatic heterocycles. The Bertz CT molecular complexity index is 1030. The van der Waals surface area contributed by atoms with Crippen LogP contribution in [0.2, 0.25) is 0 Å². The second-order valence-electron chi connectivity index (χ2n) is 7.13. The number of aryl methyl sites for hydroxylation is 1. The molecular formula is C22H24N2O5. The summed E-state index contributed by atoms with van der Waals surface area (Å²) in [6.45, 7) is 5.63. The highest BCUT2D eigenvalue weighted by Crippen LogP contribution is 2.23. The van der Waals surface area contributed by atoms with Crippen LogP contribution in [0.5, 0.6) is 5.75 Å². The maximum Gasteiger partial charge on any atom is 0.336 e. The van der Waals surface area contributed by atoms with Crippen molar-refractivity contribution in [3.05, 3.63) is 64.4 Å². The van der Waals surface area contributed by atoms with E-state index in [1.165, 1.54) is 6.07 Å². The molecule has 29 heavy (non-hydrogen) atoms. The molecule has 1 fully saturated rings. The fraction of sp³-hybridized carbons (Fsp3) is 0.364. The third kappa shape index (κ3) is 4.51. The molecule has 1 aromatic carbocycles. The topological polar surface area (TPSA) is 76.1 Å². The molecule has 0 radical (unpaired) electrons. The molecule has 4 rings (SSSR count). The lowest BCUT2D eigenvalue weighted by Crippen LogP contribution is -2.49. The molecule has 1 aliphatic rings. The summed E-state index contributed by atoms with van der Waals surface area (Å²) in [6.07, 6.45) is 2.42. The number of piperazine rings is 1. The summed E-state index contributed by atoms with van der Waals surface area (Å²) in [7, 11) is 0. The molecule has 3 aromatic rings. The van der Waals surface area contributed by atoms with Crippen molar-refractivity contribution < 1.29 is 18.4 Å². The van der Waals surface area contributed by atoms with Gasteiger partial charge in [-0.25, -0.2) is 4.79 Å². The van der Waals surface area contributed by atoms with E-state index < -0.39 is 0 Å². The number of furan rings is 1. The molecule has 0 saturated carbocycles. The zero-order valence-electron chi connectivity index (χ0n) is 16.4. The maximum atomic E-state index is 12.5. The van der Waals surface area contributed by atoms with Gasteiger partial charge in [0.2, 0.25) is 0 Å². The van der Waals surface area contributed by atoms with Gasteiger partial charge < -0.3 is 18.5 Å². The number of rotatable bonds is 6. The van der Waals surface area contributed by atoms with Crippen LogP contribution in [-0.2, 0) is 17.8 Å². The van der Waals surface area contributed by atoms with Gasteiger partial charge in [0.15, 0.2) is 6.61 Å². The fourth-order valence-corrected chi connectivity index (χ4v) is 3.61. The largest absolute Gasteiger partial charge is 0.484 e. The number of amides is 1. The number of nitrogens with zero attached hydrogens (tertiary/aromatic N) is 2. The fourth-order valence-electron chi connectivity index (χ4n) is 3.61. The molecule has 1 aliphatic heterocycles. The minimum Gasteiger partial charge on any atom is -0.484 e. The van der Waals surface area contributed by atoms with E-state index in [1.54, 1.807) is 18.4 Å². The summed E-state index contributed by atoms with van der Waals surface area (Å²) in [5.74, 6) is 1.40. The summed E-state index contributed by atoms with van der Waals surface area (Å²) in [5.41, 5.74) is 1.03. The predicted octanol–water partition coefficient (Wildman–Crippen LogP) is 2.67. The number of hydrogen-bond acceptors (Lipinski definition) is 6. The van der Waals surface area contributed by atoms with Crippen LogP contribution in [0.4, 0.5) is 0 Å². The SMILES string of the molecule is CCc1cc(=O)oc2cc(OCC(=O)N3CCN(Cc4ccco4)CC3)ccc12.